The van der Waals surface area contributed by atoms with Crippen molar-refractivity contribution in [3.05, 3.63) is 57.8 Å². The number of hydrogen-bond acceptors (Lipinski definition) is 5. The third-order valence-electron chi connectivity index (χ3n) is 2.82. The number of hydrogen-bond donors (Lipinski definition) is 1. The molecular weight excluding hydrogens is 260 g/mol. The second-order valence-corrected chi connectivity index (χ2v) is 4.25. The first-order valence-corrected chi connectivity index (χ1v) is 6.09. The fraction of sp³-hybridized carbons (Fsp3) is 0.214. The molecule has 0 aliphatic heterocycles. The number of para-hydroxylation sites is 1. The zero-order valence-corrected chi connectivity index (χ0v) is 10.9. The highest BCUT2D eigenvalue weighted by Crippen LogP contribution is 2.27. The van der Waals surface area contributed by atoms with Crippen LogP contribution in [0, 0.1) is 17.0 Å². The van der Waals surface area contributed by atoms with E-state index in [0.29, 0.717) is 23.6 Å². The molecule has 0 saturated heterocycles. The van der Waals surface area contributed by atoms with Crippen LogP contribution >= 0.6 is 0 Å². The number of nitrogens with zero attached hydrogens (tertiary/aromatic N) is 2. The molecule has 0 unspecified atom stereocenters. The molecule has 1 aromatic carbocycles. The number of pyridine rings is 1. The first kappa shape index (κ1) is 14.0. The van der Waals surface area contributed by atoms with Crippen molar-refractivity contribution in [1.82, 2.24) is 4.98 Å². The highest BCUT2D eigenvalue weighted by Gasteiger charge is 2.13. The van der Waals surface area contributed by atoms with E-state index >= 15 is 0 Å². The van der Waals surface area contributed by atoms with E-state index in [2.05, 4.69) is 4.98 Å². The van der Waals surface area contributed by atoms with Crippen molar-refractivity contribution >= 4 is 5.69 Å². The van der Waals surface area contributed by atoms with Gasteiger partial charge in [-0.25, -0.2) is 4.98 Å². The van der Waals surface area contributed by atoms with Crippen LogP contribution in [0.15, 0.2) is 36.5 Å². The van der Waals surface area contributed by atoms with Crippen molar-refractivity contribution in [1.29, 1.82) is 0 Å². The third kappa shape index (κ3) is 3.10. The van der Waals surface area contributed by atoms with Gasteiger partial charge in [0.05, 0.1) is 4.92 Å². The van der Waals surface area contributed by atoms with Crippen LogP contribution in [0.3, 0.4) is 0 Å². The summed E-state index contributed by atoms with van der Waals surface area (Å²) in [4.78, 5) is 14.2. The van der Waals surface area contributed by atoms with Crippen LogP contribution in [0.2, 0.25) is 0 Å². The van der Waals surface area contributed by atoms with Crippen molar-refractivity contribution in [2.24, 2.45) is 0 Å². The molecule has 1 aromatic heterocycles. The number of aliphatic hydroxyl groups excluding tert-OH is 1. The van der Waals surface area contributed by atoms with Crippen LogP contribution < -0.4 is 4.74 Å². The number of rotatable bonds is 5. The summed E-state index contributed by atoms with van der Waals surface area (Å²) in [5.41, 5.74) is 1.30. The lowest BCUT2D eigenvalue weighted by molar-refractivity contribution is -0.385. The number of ether oxygens (including phenoxy) is 1. The largest absolute Gasteiger partial charge is 0.439 e. The molecule has 1 N–H and O–H groups in total. The molecule has 0 bridgehead atoms. The first-order valence-electron chi connectivity index (χ1n) is 6.09. The molecule has 1 heterocycles. The van der Waals surface area contributed by atoms with Crippen LogP contribution in [0.25, 0.3) is 0 Å². The molecule has 0 aliphatic rings. The van der Waals surface area contributed by atoms with Crippen LogP contribution in [0.1, 0.15) is 11.1 Å². The van der Waals surface area contributed by atoms with E-state index in [9.17, 15) is 10.1 Å². The van der Waals surface area contributed by atoms with E-state index < -0.39 is 4.92 Å². The minimum absolute atomic E-state index is 0.0209. The molecule has 6 heteroatoms. The van der Waals surface area contributed by atoms with Gasteiger partial charge in [0, 0.05) is 18.2 Å². The maximum atomic E-state index is 10.7. The van der Waals surface area contributed by atoms with Gasteiger partial charge < -0.3 is 9.84 Å². The molecule has 6 nitrogen and oxygen atoms in total. The molecule has 2 rings (SSSR count). The molecule has 0 spiro atoms. The van der Waals surface area contributed by atoms with E-state index in [1.807, 2.05) is 18.2 Å². The van der Waals surface area contributed by atoms with E-state index in [-0.39, 0.29) is 12.3 Å². The third-order valence-corrected chi connectivity index (χ3v) is 2.82. The summed E-state index contributed by atoms with van der Waals surface area (Å²) in [5, 5.41) is 19.7. The van der Waals surface area contributed by atoms with Crippen LogP contribution in [0.5, 0.6) is 11.6 Å². The monoisotopic (exact) mass is 274 g/mol. The lowest BCUT2D eigenvalue weighted by Gasteiger charge is -2.09. The summed E-state index contributed by atoms with van der Waals surface area (Å²) >= 11 is 0. The minimum Gasteiger partial charge on any atom is -0.439 e. The Balaban J connectivity index is 2.26. The van der Waals surface area contributed by atoms with Gasteiger partial charge in [-0.15, -0.1) is 0 Å². The van der Waals surface area contributed by atoms with Crippen molar-refractivity contribution in [2.45, 2.75) is 13.3 Å². The topological polar surface area (TPSA) is 85.5 Å². The first-order chi connectivity index (χ1) is 9.61. The number of benzene rings is 1. The lowest BCUT2D eigenvalue weighted by atomic mass is 10.1. The van der Waals surface area contributed by atoms with Gasteiger partial charge in [-0.2, -0.15) is 0 Å². The average molecular weight is 274 g/mol. The Kier molecular flexibility index (Phi) is 4.27. The zero-order valence-electron chi connectivity index (χ0n) is 10.9. The van der Waals surface area contributed by atoms with Crippen molar-refractivity contribution in [3.8, 4) is 11.6 Å². The van der Waals surface area contributed by atoms with E-state index in [0.717, 1.165) is 5.56 Å². The number of aromatic nitrogens is 1. The normalized spacial score (nSPS) is 10.3. The van der Waals surface area contributed by atoms with Gasteiger partial charge in [0.25, 0.3) is 5.69 Å². The summed E-state index contributed by atoms with van der Waals surface area (Å²) in [6.07, 6.45) is 1.65. The number of aryl methyl sites for hydroxylation is 1. The Morgan fingerprint density at radius 2 is 2.15 bits per heavy atom. The average Bonchev–Trinajstić information content (AvgIpc) is 2.41. The second kappa shape index (κ2) is 6.12. The van der Waals surface area contributed by atoms with E-state index in [1.165, 1.54) is 12.3 Å². The number of aliphatic hydroxyl groups is 1. The summed E-state index contributed by atoms with van der Waals surface area (Å²) in [6, 6.07) is 8.81. The SMILES string of the molecule is Cc1cc(Oc2ccccc2CCO)ncc1[N+](=O)[O-]. The standard InChI is InChI=1S/C14H14N2O4/c1-10-8-14(15-9-12(10)16(18)19)20-13-5-3-2-4-11(13)6-7-17/h2-5,8-9,17H,6-7H2,1H3. The number of nitro groups is 1. The Hall–Kier alpha value is -2.47. The summed E-state index contributed by atoms with van der Waals surface area (Å²) in [7, 11) is 0. The van der Waals surface area contributed by atoms with Crippen LogP contribution in [0.4, 0.5) is 5.69 Å². The highest BCUT2D eigenvalue weighted by atomic mass is 16.6. The Labute approximate surface area is 115 Å². The predicted octanol–water partition coefficient (Wildman–Crippen LogP) is 2.63. The summed E-state index contributed by atoms with van der Waals surface area (Å²) < 4.78 is 5.63. The molecule has 20 heavy (non-hydrogen) atoms. The Morgan fingerprint density at radius 1 is 1.40 bits per heavy atom. The van der Waals surface area contributed by atoms with Crippen molar-refractivity contribution < 1.29 is 14.8 Å². The van der Waals surface area contributed by atoms with Gasteiger partial charge in [0.15, 0.2) is 0 Å². The Bertz CT molecular complexity index is 628. The van der Waals surface area contributed by atoms with Crippen molar-refractivity contribution in [3.63, 3.8) is 0 Å². The minimum atomic E-state index is -0.480. The highest BCUT2D eigenvalue weighted by molar-refractivity contribution is 5.42. The zero-order chi connectivity index (χ0) is 14.5. The summed E-state index contributed by atoms with van der Waals surface area (Å²) in [6.45, 7) is 1.65. The lowest BCUT2D eigenvalue weighted by Crippen LogP contribution is -1.98. The molecule has 0 amide bonds. The van der Waals surface area contributed by atoms with Gasteiger partial charge in [-0.1, -0.05) is 18.2 Å². The van der Waals surface area contributed by atoms with Gasteiger partial charge in [-0.3, -0.25) is 10.1 Å². The second-order valence-electron chi connectivity index (χ2n) is 4.25. The molecule has 0 fully saturated rings. The van der Waals surface area contributed by atoms with E-state index in [4.69, 9.17) is 9.84 Å². The van der Waals surface area contributed by atoms with Gasteiger partial charge in [0.2, 0.25) is 5.88 Å². The smallest absolute Gasteiger partial charge is 0.290 e. The fourth-order valence-corrected chi connectivity index (χ4v) is 1.81. The molecule has 0 saturated carbocycles. The quantitative estimate of drug-likeness (QED) is 0.669. The molecular formula is C14H14N2O4. The van der Waals surface area contributed by atoms with Gasteiger partial charge in [0.1, 0.15) is 11.9 Å². The molecule has 0 aliphatic carbocycles. The van der Waals surface area contributed by atoms with Gasteiger partial charge >= 0.3 is 0 Å². The van der Waals surface area contributed by atoms with Crippen LogP contribution in [-0.4, -0.2) is 21.6 Å². The van der Waals surface area contributed by atoms with E-state index in [1.54, 1.807) is 13.0 Å². The molecule has 0 atom stereocenters. The predicted molar refractivity (Wildman–Crippen MR) is 72.9 cm³/mol. The van der Waals surface area contributed by atoms with Crippen LogP contribution in [-0.2, 0) is 6.42 Å². The maximum Gasteiger partial charge on any atom is 0.290 e. The Morgan fingerprint density at radius 3 is 2.80 bits per heavy atom. The molecule has 2 aromatic rings. The van der Waals surface area contributed by atoms with Gasteiger partial charge in [-0.05, 0) is 25.0 Å². The summed E-state index contributed by atoms with van der Waals surface area (Å²) in [5.74, 6) is 0.876. The maximum absolute atomic E-state index is 10.7. The van der Waals surface area contributed by atoms with Crippen molar-refractivity contribution in [2.75, 3.05) is 6.61 Å². The fourth-order valence-electron chi connectivity index (χ4n) is 1.81. The molecule has 104 valence electrons. The molecule has 0 radical (unpaired) electrons.